The lowest BCUT2D eigenvalue weighted by molar-refractivity contribution is -0.128. The molecule has 0 aromatic heterocycles. The summed E-state index contributed by atoms with van der Waals surface area (Å²) in [4.78, 5) is 12.5. The van der Waals surface area contributed by atoms with E-state index in [1.807, 2.05) is 0 Å². The molecular weight excluding hydrogens is 240 g/mol. The van der Waals surface area contributed by atoms with Gasteiger partial charge in [0.15, 0.2) is 0 Å². The predicted octanol–water partition coefficient (Wildman–Crippen LogP) is 1.70. The minimum atomic E-state index is -0.0523. The molecule has 0 aliphatic carbocycles. The van der Waals surface area contributed by atoms with Crippen molar-refractivity contribution in [2.24, 2.45) is 11.3 Å². The van der Waals surface area contributed by atoms with E-state index in [2.05, 4.69) is 31.4 Å². The van der Waals surface area contributed by atoms with Gasteiger partial charge in [-0.25, -0.2) is 0 Å². The third kappa shape index (κ3) is 3.69. The molecule has 0 saturated carbocycles. The first-order chi connectivity index (χ1) is 9.00. The molecule has 2 aliphatic rings. The highest BCUT2D eigenvalue weighted by molar-refractivity contribution is 5.83. The zero-order valence-electron chi connectivity index (χ0n) is 12.5. The Balaban J connectivity index is 1.88. The van der Waals surface area contributed by atoms with Crippen molar-refractivity contribution in [2.75, 3.05) is 19.8 Å². The van der Waals surface area contributed by atoms with Gasteiger partial charge in [0.05, 0.1) is 6.04 Å². The predicted molar refractivity (Wildman–Crippen MR) is 76.0 cm³/mol. The van der Waals surface area contributed by atoms with E-state index in [1.54, 1.807) is 0 Å². The van der Waals surface area contributed by atoms with Crippen molar-refractivity contribution in [3.05, 3.63) is 0 Å². The van der Waals surface area contributed by atoms with E-state index in [1.165, 1.54) is 0 Å². The van der Waals surface area contributed by atoms with E-state index in [0.717, 1.165) is 45.4 Å². The van der Waals surface area contributed by atoms with Gasteiger partial charge in [-0.15, -0.1) is 0 Å². The largest absolute Gasteiger partial charge is 0.381 e. The molecule has 4 heteroatoms. The van der Waals surface area contributed by atoms with Crippen molar-refractivity contribution < 1.29 is 9.53 Å². The molecule has 2 aliphatic heterocycles. The molecule has 0 spiro atoms. The van der Waals surface area contributed by atoms with Crippen LogP contribution in [0.4, 0.5) is 0 Å². The van der Waals surface area contributed by atoms with Crippen LogP contribution < -0.4 is 10.6 Å². The van der Waals surface area contributed by atoms with E-state index >= 15 is 0 Å². The van der Waals surface area contributed by atoms with Gasteiger partial charge in [0, 0.05) is 19.3 Å². The highest BCUT2D eigenvalue weighted by Gasteiger charge is 2.37. The maximum Gasteiger partial charge on any atom is 0.237 e. The lowest BCUT2D eigenvalue weighted by Crippen LogP contribution is -2.57. The van der Waals surface area contributed by atoms with E-state index in [9.17, 15) is 4.79 Å². The second-order valence-electron chi connectivity index (χ2n) is 6.73. The Morgan fingerprint density at radius 2 is 2.05 bits per heavy atom. The van der Waals surface area contributed by atoms with E-state index in [0.29, 0.717) is 5.92 Å². The van der Waals surface area contributed by atoms with Crippen molar-refractivity contribution >= 4 is 5.91 Å². The summed E-state index contributed by atoms with van der Waals surface area (Å²) in [7, 11) is 0. The summed E-state index contributed by atoms with van der Waals surface area (Å²) in [6, 6.07) is 0.194. The smallest absolute Gasteiger partial charge is 0.237 e. The van der Waals surface area contributed by atoms with Gasteiger partial charge in [-0.3, -0.25) is 4.79 Å². The lowest BCUT2D eigenvalue weighted by atomic mass is 9.77. The van der Waals surface area contributed by atoms with Crippen LogP contribution in [0.25, 0.3) is 0 Å². The molecule has 1 amide bonds. The molecule has 19 heavy (non-hydrogen) atoms. The monoisotopic (exact) mass is 268 g/mol. The summed E-state index contributed by atoms with van der Waals surface area (Å²) in [5.41, 5.74) is 0.0533. The van der Waals surface area contributed by atoms with Crippen LogP contribution in [0.1, 0.15) is 46.5 Å². The number of hydrogen-bond acceptors (Lipinski definition) is 3. The Morgan fingerprint density at radius 1 is 1.37 bits per heavy atom. The van der Waals surface area contributed by atoms with Gasteiger partial charge in [-0.05, 0) is 50.5 Å². The van der Waals surface area contributed by atoms with E-state index < -0.39 is 0 Å². The summed E-state index contributed by atoms with van der Waals surface area (Å²) in [5.74, 6) is 0.730. The Bertz CT molecular complexity index is 311. The summed E-state index contributed by atoms with van der Waals surface area (Å²) in [5, 5.41) is 6.60. The van der Waals surface area contributed by atoms with Gasteiger partial charge in [0.1, 0.15) is 0 Å². The molecule has 2 fully saturated rings. The van der Waals surface area contributed by atoms with Gasteiger partial charge < -0.3 is 15.4 Å². The number of carbonyl (C=O) groups is 1. The second-order valence-corrected chi connectivity index (χ2v) is 6.73. The molecule has 0 radical (unpaired) electrons. The fourth-order valence-electron chi connectivity index (χ4n) is 3.30. The molecule has 110 valence electrons. The third-order valence-electron chi connectivity index (χ3n) is 4.73. The topological polar surface area (TPSA) is 50.4 Å². The third-order valence-corrected chi connectivity index (χ3v) is 4.73. The fourth-order valence-corrected chi connectivity index (χ4v) is 3.30. The van der Waals surface area contributed by atoms with Crippen molar-refractivity contribution in [2.45, 2.75) is 58.5 Å². The highest BCUT2D eigenvalue weighted by Crippen LogP contribution is 2.30. The number of rotatable bonds is 3. The average Bonchev–Trinajstić information content (AvgIpc) is 2.39. The second kappa shape index (κ2) is 6.23. The van der Waals surface area contributed by atoms with Crippen molar-refractivity contribution in [3.8, 4) is 0 Å². The average molecular weight is 268 g/mol. The molecule has 2 atom stereocenters. The number of nitrogens with one attached hydrogen (secondary N) is 2. The van der Waals surface area contributed by atoms with E-state index in [4.69, 9.17) is 4.74 Å². The Kier molecular flexibility index (Phi) is 4.85. The molecule has 2 rings (SSSR count). The van der Waals surface area contributed by atoms with Crippen LogP contribution >= 0.6 is 0 Å². The maximum atomic E-state index is 12.5. The Hall–Kier alpha value is -0.610. The van der Waals surface area contributed by atoms with Gasteiger partial charge in [-0.2, -0.15) is 0 Å². The quantitative estimate of drug-likeness (QED) is 0.819. The van der Waals surface area contributed by atoms with Gasteiger partial charge in [-0.1, -0.05) is 13.8 Å². The first-order valence-corrected chi connectivity index (χ1v) is 7.62. The minimum Gasteiger partial charge on any atom is -0.381 e. The standard InChI is InChI=1S/C15H28N2O2/c1-11(12-5-9-19-10-6-12)17-14(18)13-15(2,3)7-4-8-16-13/h11-13,16H,4-10H2,1-3H3,(H,17,18). The lowest BCUT2D eigenvalue weighted by Gasteiger charge is -2.39. The SMILES string of the molecule is CC(NC(=O)C1NCCCC1(C)C)C1CCOCC1. The number of piperidine rings is 1. The van der Waals surface area contributed by atoms with Gasteiger partial charge in [0.2, 0.25) is 5.91 Å². The number of ether oxygens (including phenoxy) is 1. The molecule has 0 aromatic rings. The van der Waals surface area contributed by atoms with Crippen LogP contribution in [0.15, 0.2) is 0 Å². The number of carbonyl (C=O) groups excluding carboxylic acids is 1. The zero-order valence-corrected chi connectivity index (χ0v) is 12.5. The summed E-state index contributed by atoms with van der Waals surface area (Å²) in [6.07, 6.45) is 4.39. The Morgan fingerprint density at radius 3 is 2.68 bits per heavy atom. The molecule has 2 N–H and O–H groups in total. The summed E-state index contributed by atoms with van der Waals surface area (Å²) < 4.78 is 5.38. The number of amides is 1. The first kappa shape index (κ1) is 14.8. The number of hydrogen-bond donors (Lipinski definition) is 2. The zero-order chi connectivity index (χ0) is 13.9. The minimum absolute atomic E-state index is 0.0523. The van der Waals surface area contributed by atoms with Crippen LogP contribution in [0.2, 0.25) is 0 Å². The normalized spacial score (nSPS) is 29.7. The molecular formula is C15H28N2O2. The molecule has 4 nitrogen and oxygen atoms in total. The van der Waals surface area contributed by atoms with Crippen LogP contribution in [-0.2, 0) is 9.53 Å². The van der Waals surface area contributed by atoms with Crippen molar-refractivity contribution in [1.29, 1.82) is 0 Å². The van der Waals surface area contributed by atoms with Crippen LogP contribution in [0.5, 0.6) is 0 Å². The molecule has 0 aromatic carbocycles. The Labute approximate surface area is 116 Å². The summed E-state index contributed by atoms with van der Waals surface area (Å²) in [6.45, 7) is 9.11. The van der Waals surface area contributed by atoms with Crippen LogP contribution in [-0.4, -0.2) is 37.7 Å². The molecule has 2 heterocycles. The van der Waals surface area contributed by atoms with Crippen molar-refractivity contribution in [1.82, 2.24) is 10.6 Å². The first-order valence-electron chi connectivity index (χ1n) is 7.62. The van der Waals surface area contributed by atoms with Crippen molar-refractivity contribution in [3.63, 3.8) is 0 Å². The maximum absolute atomic E-state index is 12.5. The van der Waals surface area contributed by atoms with Crippen LogP contribution in [0.3, 0.4) is 0 Å². The van der Waals surface area contributed by atoms with E-state index in [-0.39, 0.29) is 23.4 Å². The molecule has 0 bridgehead atoms. The van der Waals surface area contributed by atoms with Crippen LogP contribution in [0, 0.1) is 11.3 Å². The molecule has 2 saturated heterocycles. The summed E-state index contributed by atoms with van der Waals surface area (Å²) >= 11 is 0. The van der Waals surface area contributed by atoms with Gasteiger partial charge in [0.25, 0.3) is 0 Å². The fraction of sp³-hybridized carbons (Fsp3) is 0.933. The highest BCUT2D eigenvalue weighted by atomic mass is 16.5. The molecule has 2 unspecified atom stereocenters. The van der Waals surface area contributed by atoms with Gasteiger partial charge >= 0.3 is 0 Å².